The van der Waals surface area contributed by atoms with Crippen LogP contribution < -0.4 is 11.0 Å². The molecule has 0 aliphatic rings. The van der Waals surface area contributed by atoms with Crippen molar-refractivity contribution in [1.29, 1.82) is 0 Å². The summed E-state index contributed by atoms with van der Waals surface area (Å²) in [6.07, 6.45) is 3.22. The number of hydrogen-bond donors (Lipinski definition) is 0. The zero-order chi connectivity index (χ0) is 23.4. The van der Waals surface area contributed by atoms with E-state index in [4.69, 9.17) is 4.74 Å². The van der Waals surface area contributed by atoms with E-state index >= 15 is 0 Å². The second kappa shape index (κ2) is 9.60. The third-order valence-electron chi connectivity index (χ3n) is 5.25. The van der Waals surface area contributed by atoms with Crippen LogP contribution in [0.3, 0.4) is 0 Å². The molecular formula is C25H24N4O4. The molecule has 3 aromatic heterocycles. The first-order chi connectivity index (χ1) is 16.0. The Balaban J connectivity index is 2.12. The van der Waals surface area contributed by atoms with Gasteiger partial charge in [-0.05, 0) is 43.7 Å². The summed E-state index contributed by atoms with van der Waals surface area (Å²) >= 11 is 0. The van der Waals surface area contributed by atoms with Gasteiger partial charge < -0.3 is 9.30 Å². The minimum atomic E-state index is -0.651. The van der Waals surface area contributed by atoms with Crippen molar-refractivity contribution in [3.05, 3.63) is 87.8 Å². The fourth-order valence-corrected chi connectivity index (χ4v) is 3.63. The summed E-state index contributed by atoms with van der Waals surface area (Å²) in [7, 11) is 0. The first-order valence-corrected chi connectivity index (χ1v) is 10.9. The highest BCUT2D eigenvalue weighted by Gasteiger charge is 2.20. The van der Waals surface area contributed by atoms with Crippen LogP contribution in [0.5, 0.6) is 0 Å². The summed E-state index contributed by atoms with van der Waals surface area (Å²) in [4.78, 5) is 48.1. The van der Waals surface area contributed by atoms with Gasteiger partial charge >= 0.3 is 5.97 Å². The van der Waals surface area contributed by atoms with Crippen molar-refractivity contribution in [2.24, 2.45) is 4.99 Å². The number of ether oxygens (including phenoxy) is 1. The molecule has 8 heteroatoms. The molecule has 33 heavy (non-hydrogen) atoms. The number of amides is 1. The highest BCUT2D eigenvalue weighted by molar-refractivity contribution is 5.97. The summed E-state index contributed by atoms with van der Waals surface area (Å²) in [6.45, 7) is 4.30. The molecule has 4 aromatic rings. The fourth-order valence-electron chi connectivity index (χ4n) is 3.63. The summed E-state index contributed by atoms with van der Waals surface area (Å²) in [5.74, 6) is -1.15. The maximum atomic E-state index is 13.3. The molecule has 3 heterocycles. The number of hydrogen-bond acceptors (Lipinski definition) is 5. The molecule has 1 amide bonds. The monoisotopic (exact) mass is 444 g/mol. The Hall–Kier alpha value is -4.07. The smallest absolute Gasteiger partial charge is 0.341 e. The van der Waals surface area contributed by atoms with Gasteiger partial charge in [-0.15, -0.1) is 0 Å². The zero-order valence-electron chi connectivity index (χ0n) is 18.5. The Morgan fingerprint density at radius 3 is 2.55 bits per heavy atom. The largest absolute Gasteiger partial charge is 0.462 e. The molecule has 0 saturated carbocycles. The quantitative estimate of drug-likeness (QED) is 0.336. The first-order valence-electron chi connectivity index (χ1n) is 10.9. The molecule has 0 fully saturated rings. The van der Waals surface area contributed by atoms with Crippen LogP contribution >= 0.6 is 0 Å². The van der Waals surface area contributed by atoms with Crippen LogP contribution in [-0.4, -0.2) is 32.4 Å². The predicted molar refractivity (Wildman–Crippen MR) is 124 cm³/mol. The van der Waals surface area contributed by atoms with Gasteiger partial charge in [0.15, 0.2) is 5.49 Å². The van der Waals surface area contributed by atoms with Gasteiger partial charge in [0, 0.05) is 18.3 Å². The number of esters is 1. The van der Waals surface area contributed by atoms with E-state index in [2.05, 4.69) is 9.98 Å². The molecule has 8 nitrogen and oxygen atoms in total. The standard InChI is InChI=1S/C25H24N4O4/c1-3-5-14-29-21-18(24(31)28-15-10-9-13-20(28)26-21)16-19(25(32)33-4-2)22(29)27-23(30)17-11-7-6-8-12-17/h6-13,15-16H,3-5,14H2,1-2H3. The predicted octanol–water partition coefficient (Wildman–Crippen LogP) is 3.37. The highest BCUT2D eigenvalue weighted by Crippen LogP contribution is 2.13. The molecule has 0 aliphatic carbocycles. The second-order valence-corrected chi connectivity index (χ2v) is 7.47. The second-order valence-electron chi connectivity index (χ2n) is 7.47. The van der Waals surface area contributed by atoms with Crippen molar-refractivity contribution in [2.75, 3.05) is 6.61 Å². The number of pyridine rings is 2. The zero-order valence-corrected chi connectivity index (χ0v) is 18.5. The van der Waals surface area contributed by atoms with Crippen LogP contribution in [0.15, 0.2) is 70.6 Å². The molecule has 0 N–H and O–H groups in total. The number of unbranched alkanes of at least 4 members (excludes halogenated alkanes) is 1. The minimum absolute atomic E-state index is 0.0551. The molecule has 168 valence electrons. The van der Waals surface area contributed by atoms with Crippen LogP contribution in [0.4, 0.5) is 0 Å². The van der Waals surface area contributed by atoms with E-state index < -0.39 is 11.9 Å². The molecule has 0 aliphatic heterocycles. The average Bonchev–Trinajstić information content (AvgIpc) is 2.84. The topological polar surface area (TPSA) is 95.0 Å². The lowest BCUT2D eigenvalue weighted by Gasteiger charge is -2.15. The van der Waals surface area contributed by atoms with Gasteiger partial charge in [-0.3, -0.25) is 14.0 Å². The third-order valence-corrected chi connectivity index (χ3v) is 5.25. The Bertz CT molecular complexity index is 1470. The molecular weight excluding hydrogens is 420 g/mol. The van der Waals surface area contributed by atoms with Crippen LogP contribution in [0.1, 0.15) is 47.4 Å². The van der Waals surface area contributed by atoms with E-state index in [1.165, 1.54) is 10.5 Å². The fraction of sp³-hybridized carbons (Fsp3) is 0.240. The summed E-state index contributed by atoms with van der Waals surface area (Å²) in [5, 5.41) is 0.254. The van der Waals surface area contributed by atoms with Crippen molar-refractivity contribution in [2.45, 2.75) is 33.2 Å². The molecule has 0 spiro atoms. The van der Waals surface area contributed by atoms with Crippen LogP contribution in [0.2, 0.25) is 0 Å². The molecule has 0 radical (unpaired) electrons. The average molecular weight is 444 g/mol. The number of aryl methyl sites for hydroxylation is 1. The maximum Gasteiger partial charge on any atom is 0.341 e. The van der Waals surface area contributed by atoms with Gasteiger partial charge in [0.2, 0.25) is 0 Å². The summed E-state index contributed by atoms with van der Waals surface area (Å²) in [6, 6.07) is 15.3. The van der Waals surface area contributed by atoms with Crippen molar-refractivity contribution in [1.82, 2.24) is 14.0 Å². The normalized spacial score (nSPS) is 11.8. The highest BCUT2D eigenvalue weighted by atomic mass is 16.5. The van der Waals surface area contributed by atoms with Crippen LogP contribution in [0.25, 0.3) is 16.7 Å². The van der Waals surface area contributed by atoms with Gasteiger partial charge in [0.1, 0.15) is 16.9 Å². The Morgan fingerprint density at radius 2 is 1.82 bits per heavy atom. The Labute approximate surface area is 189 Å². The number of nitrogens with zero attached hydrogens (tertiary/aromatic N) is 4. The number of benzene rings is 1. The molecule has 0 bridgehead atoms. The van der Waals surface area contributed by atoms with Gasteiger partial charge in [0.05, 0.1) is 12.0 Å². The summed E-state index contributed by atoms with van der Waals surface area (Å²) in [5.41, 5.74) is 1.10. The van der Waals surface area contributed by atoms with E-state index in [-0.39, 0.29) is 28.6 Å². The Kier molecular flexibility index (Phi) is 6.44. The van der Waals surface area contributed by atoms with Gasteiger partial charge in [-0.2, -0.15) is 4.99 Å². The molecule has 0 unspecified atom stereocenters. The van der Waals surface area contributed by atoms with Crippen molar-refractivity contribution >= 4 is 28.6 Å². The van der Waals surface area contributed by atoms with E-state index in [1.807, 2.05) is 6.92 Å². The van der Waals surface area contributed by atoms with Crippen LogP contribution in [-0.2, 0) is 11.3 Å². The maximum absolute atomic E-state index is 13.3. The third kappa shape index (κ3) is 4.32. The van der Waals surface area contributed by atoms with Crippen molar-refractivity contribution in [3.63, 3.8) is 0 Å². The number of carbonyl (C=O) groups is 2. The van der Waals surface area contributed by atoms with E-state index in [9.17, 15) is 14.4 Å². The lowest BCUT2D eigenvalue weighted by molar-refractivity contribution is 0.0523. The van der Waals surface area contributed by atoms with Crippen molar-refractivity contribution < 1.29 is 14.3 Å². The number of fused-ring (bicyclic) bond motifs is 2. The number of rotatable bonds is 6. The SMILES string of the molecule is CCCCn1c(=NC(=O)c2ccccc2)c(C(=O)OCC)cc2c(=O)n3ccccc3nc21. The van der Waals surface area contributed by atoms with Gasteiger partial charge in [-0.1, -0.05) is 37.6 Å². The lowest BCUT2D eigenvalue weighted by Crippen LogP contribution is -2.32. The number of carbonyl (C=O) groups excluding carboxylic acids is 2. The molecule has 0 atom stereocenters. The Morgan fingerprint density at radius 1 is 1.06 bits per heavy atom. The molecule has 1 aromatic carbocycles. The number of aromatic nitrogens is 3. The summed E-state index contributed by atoms with van der Waals surface area (Å²) < 4.78 is 8.34. The first kappa shape index (κ1) is 22.1. The lowest BCUT2D eigenvalue weighted by atomic mass is 10.2. The van der Waals surface area contributed by atoms with Crippen molar-refractivity contribution in [3.8, 4) is 0 Å². The van der Waals surface area contributed by atoms with E-state index in [1.54, 1.807) is 66.2 Å². The molecule has 4 rings (SSSR count). The van der Waals surface area contributed by atoms with Gasteiger partial charge in [-0.25, -0.2) is 9.78 Å². The van der Waals surface area contributed by atoms with E-state index in [0.29, 0.717) is 23.4 Å². The van der Waals surface area contributed by atoms with E-state index in [0.717, 1.165) is 12.8 Å². The van der Waals surface area contributed by atoms with Gasteiger partial charge in [0.25, 0.3) is 11.5 Å². The molecule has 0 saturated heterocycles. The van der Waals surface area contributed by atoms with Crippen LogP contribution in [0, 0.1) is 0 Å². The minimum Gasteiger partial charge on any atom is -0.462 e.